The Morgan fingerprint density at radius 1 is 1.32 bits per heavy atom. The molecule has 2 rings (SSSR count). The monoisotopic (exact) mass is 313 g/mol. The maximum Gasteiger partial charge on any atom is 0.389 e. The zero-order chi connectivity index (χ0) is 16.2. The standard InChI is InChI=1S/C14H18F3N5/c1-9(7-12-8-10(2)21-22-12)19-13-18-6-4-11(20-13)3-5-14(15,16)17/h4,6,8-9H,3,5,7H2,1-2H3,(H,21,22)(H,18,19,20)/t9-/m0/s1. The van der Waals surface area contributed by atoms with Crippen LogP contribution in [0, 0.1) is 6.92 Å². The molecule has 0 unspecified atom stereocenters. The van der Waals surface area contributed by atoms with E-state index in [1.807, 2.05) is 19.9 Å². The lowest BCUT2D eigenvalue weighted by molar-refractivity contribution is -0.134. The summed E-state index contributed by atoms with van der Waals surface area (Å²) in [5, 5.41) is 10.1. The molecule has 0 aliphatic rings. The summed E-state index contributed by atoms with van der Waals surface area (Å²) >= 11 is 0. The fourth-order valence-electron chi connectivity index (χ4n) is 2.04. The molecule has 0 bridgehead atoms. The Balaban J connectivity index is 1.91. The molecule has 2 N–H and O–H groups in total. The first kappa shape index (κ1) is 16.3. The van der Waals surface area contributed by atoms with Gasteiger partial charge in [-0.15, -0.1) is 0 Å². The van der Waals surface area contributed by atoms with Gasteiger partial charge >= 0.3 is 6.18 Å². The lowest BCUT2D eigenvalue weighted by atomic mass is 10.2. The van der Waals surface area contributed by atoms with Gasteiger partial charge in [-0.25, -0.2) is 9.97 Å². The van der Waals surface area contributed by atoms with Gasteiger partial charge in [-0.05, 0) is 32.4 Å². The van der Waals surface area contributed by atoms with E-state index >= 15 is 0 Å². The molecule has 0 fully saturated rings. The number of aryl methyl sites for hydroxylation is 2. The predicted octanol–water partition coefficient (Wildman–Crippen LogP) is 3.05. The molecule has 0 spiro atoms. The Morgan fingerprint density at radius 2 is 2.09 bits per heavy atom. The van der Waals surface area contributed by atoms with Crippen molar-refractivity contribution < 1.29 is 13.2 Å². The second-order valence-electron chi connectivity index (χ2n) is 5.28. The van der Waals surface area contributed by atoms with Crippen molar-refractivity contribution in [3.63, 3.8) is 0 Å². The Morgan fingerprint density at radius 3 is 2.73 bits per heavy atom. The molecule has 0 saturated carbocycles. The predicted molar refractivity (Wildman–Crippen MR) is 76.5 cm³/mol. The first-order valence-electron chi connectivity index (χ1n) is 6.98. The zero-order valence-electron chi connectivity index (χ0n) is 12.4. The summed E-state index contributed by atoms with van der Waals surface area (Å²) in [6.45, 7) is 3.86. The number of aromatic amines is 1. The van der Waals surface area contributed by atoms with Gasteiger partial charge in [0, 0.05) is 36.5 Å². The van der Waals surface area contributed by atoms with Crippen LogP contribution < -0.4 is 5.32 Å². The number of anilines is 1. The van der Waals surface area contributed by atoms with Crippen molar-refractivity contribution in [1.29, 1.82) is 0 Å². The molecular weight excluding hydrogens is 295 g/mol. The molecule has 0 aliphatic carbocycles. The smallest absolute Gasteiger partial charge is 0.351 e. The van der Waals surface area contributed by atoms with E-state index < -0.39 is 12.6 Å². The molecule has 2 aromatic rings. The minimum absolute atomic E-state index is 0.0144. The van der Waals surface area contributed by atoms with Crippen molar-refractivity contribution in [3.05, 3.63) is 35.4 Å². The van der Waals surface area contributed by atoms with Crippen molar-refractivity contribution in [3.8, 4) is 0 Å². The normalized spacial score (nSPS) is 13.1. The summed E-state index contributed by atoms with van der Waals surface area (Å²) in [5.74, 6) is 0.333. The third-order valence-corrected chi connectivity index (χ3v) is 3.03. The SMILES string of the molecule is Cc1cc(C[C@H](C)Nc2nccc(CCC(F)(F)F)n2)n[nH]1. The van der Waals surface area contributed by atoms with Gasteiger partial charge < -0.3 is 5.32 Å². The first-order valence-corrected chi connectivity index (χ1v) is 6.98. The molecule has 2 aromatic heterocycles. The van der Waals surface area contributed by atoms with Crippen LogP contribution in [0.5, 0.6) is 0 Å². The number of aromatic nitrogens is 4. The molecule has 0 aliphatic heterocycles. The largest absolute Gasteiger partial charge is 0.389 e. The average Bonchev–Trinajstić information content (AvgIpc) is 2.81. The quantitative estimate of drug-likeness (QED) is 0.860. The molecule has 5 nitrogen and oxygen atoms in total. The summed E-state index contributed by atoms with van der Waals surface area (Å²) in [7, 11) is 0. The van der Waals surface area contributed by atoms with Gasteiger partial charge in [0.05, 0.1) is 5.69 Å². The molecule has 0 radical (unpaired) electrons. The van der Waals surface area contributed by atoms with Gasteiger partial charge in [0.25, 0.3) is 0 Å². The number of H-pyrrole nitrogens is 1. The lowest BCUT2D eigenvalue weighted by Crippen LogP contribution is -2.20. The fourth-order valence-corrected chi connectivity index (χ4v) is 2.04. The fraction of sp³-hybridized carbons (Fsp3) is 0.500. The van der Waals surface area contributed by atoms with Crippen LogP contribution in [-0.4, -0.2) is 32.4 Å². The van der Waals surface area contributed by atoms with E-state index in [4.69, 9.17) is 0 Å². The molecule has 8 heteroatoms. The molecule has 0 aromatic carbocycles. The molecule has 120 valence electrons. The lowest BCUT2D eigenvalue weighted by Gasteiger charge is -2.13. The maximum absolute atomic E-state index is 12.2. The number of rotatable bonds is 6. The van der Waals surface area contributed by atoms with Gasteiger partial charge in [-0.2, -0.15) is 18.3 Å². The molecule has 0 amide bonds. The Labute approximate surface area is 126 Å². The second kappa shape index (κ2) is 6.76. The van der Waals surface area contributed by atoms with Crippen molar-refractivity contribution in [2.45, 2.75) is 45.3 Å². The third kappa shape index (κ3) is 5.34. The van der Waals surface area contributed by atoms with E-state index in [9.17, 15) is 13.2 Å². The summed E-state index contributed by atoms with van der Waals surface area (Å²) in [4.78, 5) is 8.15. The second-order valence-corrected chi connectivity index (χ2v) is 5.28. The van der Waals surface area contributed by atoms with Crippen LogP contribution in [0.4, 0.5) is 19.1 Å². The number of alkyl halides is 3. The number of nitrogens with zero attached hydrogens (tertiary/aromatic N) is 3. The third-order valence-electron chi connectivity index (χ3n) is 3.03. The Bertz CT molecular complexity index is 609. The zero-order valence-corrected chi connectivity index (χ0v) is 12.4. The highest BCUT2D eigenvalue weighted by molar-refractivity contribution is 5.27. The summed E-state index contributed by atoms with van der Waals surface area (Å²) in [6, 6.07) is 3.46. The van der Waals surface area contributed by atoms with Crippen molar-refractivity contribution in [2.75, 3.05) is 5.32 Å². The maximum atomic E-state index is 12.2. The van der Waals surface area contributed by atoms with Gasteiger partial charge in [-0.1, -0.05) is 0 Å². The van der Waals surface area contributed by atoms with E-state index in [0.29, 0.717) is 18.1 Å². The summed E-state index contributed by atoms with van der Waals surface area (Å²) < 4.78 is 36.7. The molecule has 0 saturated heterocycles. The van der Waals surface area contributed by atoms with Crippen LogP contribution in [0.15, 0.2) is 18.3 Å². The van der Waals surface area contributed by atoms with Gasteiger partial charge in [0.15, 0.2) is 0 Å². The van der Waals surface area contributed by atoms with Crippen LogP contribution in [0.3, 0.4) is 0 Å². The van der Waals surface area contributed by atoms with E-state index in [2.05, 4.69) is 25.5 Å². The minimum Gasteiger partial charge on any atom is -0.351 e. The number of hydrogen-bond acceptors (Lipinski definition) is 4. The number of nitrogens with one attached hydrogen (secondary N) is 2. The summed E-state index contributed by atoms with van der Waals surface area (Å²) in [6.07, 6.45) is -3.07. The molecule has 2 heterocycles. The Hall–Kier alpha value is -2.12. The van der Waals surface area contributed by atoms with Crippen LogP contribution >= 0.6 is 0 Å². The van der Waals surface area contributed by atoms with Crippen LogP contribution in [0.1, 0.15) is 30.4 Å². The van der Waals surface area contributed by atoms with Crippen molar-refractivity contribution in [1.82, 2.24) is 20.2 Å². The highest BCUT2D eigenvalue weighted by Crippen LogP contribution is 2.21. The first-order chi connectivity index (χ1) is 10.3. The van der Waals surface area contributed by atoms with Crippen LogP contribution in [-0.2, 0) is 12.8 Å². The van der Waals surface area contributed by atoms with Crippen molar-refractivity contribution in [2.24, 2.45) is 0 Å². The highest BCUT2D eigenvalue weighted by Gasteiger charge is 2.26. The highest BCUT2D eigenvalue weighted by atomic mass is 19.4. The Kier molecular flexibility index (Phi) is 4.99. The molecular formula is C14H18F3N5. The van der Waals surface area contributed by atoms with Gasteiger partial charge in [-0.3, -0.25) is 5.10 Å². The van der Waals surface area contributed by atoms with E-state index in [0.717, 1.165) is 11.4 Å². The van der Waals surface area contributed by atoms with Crippen molar-refractivity contribution >= 4 is 5.95 Å². The minimum atomic E-state index is -4.18. The van der Waals surface area contributed by atoms with E-state index in [1.54, 1.807) is 0 Å². The topological polar surface area (TPSA) is 66.5 Å². The van der Waals surface area contributed by atoms with E-state index in [1.165, 1.54) is 12.3 Å². The average molecular weight is 313 g/mol. The van der Waals surface area contributed by atoms with Crippen LogP contribution in [0.25, 0.3) is 0 Å². The molecule has 1 atom stereocenters. The summed E-state index contributed by atoms with van der Waals surface area (Å²) in [5.41, 5.74) is 2.26. The number of hydrogen-bond donors (Lipinski definition) is 2. The molecule has 22 heavy (non-hydrogen) atoms. The van der Waals surface area contributed by atoms with E-state index in [-0.39, 0.29) is 12.5 Å². The number of halogens is 3. The van der Waals surface area contributed by atoms with Gasteiger partial charge in [0.2, 0.25) is 5.95 Å². The van der Waals surface area contributed by atoms with Gasteiger partial charge in [0.1, 0.15) is 0 Å². The van der Waals surface area contributed by atoms with Crippen LogP contribution in [0.2, 0.25) is 0 Å².